The van der Waals surface area contributed by atoms with Gasteiger partial charge in [0.05, 0.1) is 19.2 Å². The highest BCUT2D eigenvalue weighted by Crippen LogP contribution is 2.31. The zero-order valence-electron chi connectivity index (χ0n) is 9.07. The molecule has 5 nitrogen and oxygen atoms in total. The molecule has 5 heteroatoms. The smallest absolute Gasteiger partial charge is 0.0905 e. The van der Waals surface area contributed by atoms with Gasteiger partial charge in [-0.25, -0.2) is 5.84 Å². The number of hydrazine groups is 2. The summed E-state index contributed by atoms with van der Waals surface area (Å²) in [5.74, 6) is 5.90. The molecule has 0 aromatic heterocycles. The maximum absolute atomic E-state index is 8.83. The summed E-state index contributed by atoms with van der Waals surface area (Å²) in [5.41, 5.74) is 6.62. The summed E-state index contributed by atoms with van der Waals surface area (Å²) >= 11 is 0. The van der Waals surface area contributed by atoms with E-state index in [1.54, 1.807) is 16.3 Å². The molecule has 5 N–H and O–H groups in total. The van der Waals surface area contributed by atoms with Crippen molar-refractivity contribution in [2.45, 2.75) is 26.8 Å². The van der Waals surface area contributed by atoms with Gasteiger partial charge in [-0.1, -0.05) is 20.8 Å². The predicted octanol–water partition coefficient (Wildman–Crippen LogP) is -0.400. The van der Waals surface area contributed by atoms with Gasteiger partial charge in [0.2, 0.25) is 0 Å². The predicted molar refractivity (Wildman–Crippen MR) is 55.3 cm³/mol. The van der Waals surface area contributed by atoms with Gasteiger partial charge in [0, 0.05) is 11.9 Å². The van der Waals surface area contributed by atoms with Crippen LogP contribution in [0.4, 0.5) is 0 Å². The summed E-state index contributed by atoms with van der Waals surface area (Å²) in [4.78, 5) is 0. The number of nitrogens with two attached hydrogens (primary N) is 2. The van der Waals surface area contributed by atoms with Crippen LogP contribution in [-0.2, 0) is 0 Å². The topological polar surface area (TPSA) is 78.8 Å². The summed E-state index contributed by atoms with van der Waals surface area (Å²) in [7, 11) is 0. The Hall–Kier alpha value is -0.780. The maximum atomic E-state index is 8.83. The number of hydrogen-bond acceptors (Lipinski definition) is 5. The number of β-amino-alcohol motifs (C(OH)–C–C–N with tert-alkyl or cyclic N) is 1. The Bertz CT molecular complexity index is 233. The van der Waals surface area contributed by atoms with Gasteiger partial charge in [-0.05, 0) is 5.41 Å². The molecule has 0 aromatic carbocycles. The molecule has 0 spiro atoms. The molecule has 0 aliphatic carbocycles. The van der Waals surface area contributed by atoms with E-state index in [2.05, 4.69) is 20.8 Å². The lowest BCUT2D eigenvalue weighted by Crippen LogP contribution is -2.53. The summed E-state index contributed by atoms with van der Waals surface area (Å²) in [6.07, 6.45) is 1.78. The van der Waals surface area contributed by atoms with Crippen LogP contribution in [0.3, 0.4) is 0 Å². The van der Waals surface area contributed by atoms with Crippen LogP contribution >= 0.6 is 0 Å². The summed E-state index contributed by atoms with van der Waals surface area (Å²) in [6, 6.07) is -0.00551. The molecule has 1 unspecified atom stereocenters. The van der Waals surface area contributed by atoms with E-state index in [4.69, 9.17) is 16.7 Å². The fraction of sp³-hybridized carbons (Fsp3) is 0.778. The molecule has 1 aliphatic heterocycles. The quantitative estimate of drug-likeness (QED) is 0.529. The van der Waals surface area contributed by atoms with Gasteiger partial charge in [0.25, 0.3) is 0 Å². The minimum Gasteiger partial charge on any atom is -0.399 e. The Kier molecular flexibility index (Phi) is 3.04. The molecule has 0 fully saturated rings. The lowest BCUT2D eigenvalue weighted by molar-refractivity contribution is -0.0310. The third kappa shape index (κ3) is 2.00. The Morgan fingerprint density at radius 3 is 2.43 bits per heavy atom. The largest absolute Gasteiger partial charge is 0.399 e. The third-order valence-electron chi connectivity index (χ3n) is 2.32. The van der Waals surface area contributed by atoms with Crippen molar-refractivity contribution in [3.63, 3.8) is 0 Å². The molecule has 1 aliphatic rings. The molecule has 14 heavy (non-hydrogen) atoms. The lowest BCUT2D eigenvalue weighted by atomic mass is 9.86. The second-order valence-corrected chi connectivity index (χ2v) is 4.66. The zero-order chi connectivity index (χ0) is 10.9. The standard InChI is InChI=1S/C9H20N4O/c1-9(2,3)8-7(10)6-12(4-5-14)13(8)11/h6,8,14H,4-5,10-11H2,1-3H3. The molecule has 0 aromatic rings. The van der Waals surface area contributed by atoms with Gasteiger partial charge in [-0.3, -0.25) is 5.01 Å². The van der Waals surface area contributed by atoms with Gasteiger partial charge in [0.15, 0.2) is 0 Å². The summed E-state index contributed by atoms with van der Waals surface area (Å²) in [6.45, 7) is 6.79. The van der Waals surface area contributed by atoms with Crippen molar-refractivity contribution in [3.05, 3.63) is 11.9 Å². The second-order valence-electron chi connectivity index (χ2n) is 4.66. The monoisotopic (exact) mass is 200 g/mol. The molecular formula is C9H20N4O. The lowest BCUT2D eigenvalue weighted by Gasteiger charge is -2.36. The Morgan fingerprint density at radius 2 is 2.07 bits per heavy atom. The summed E-state index contributed by atoms with van der Waals surface area (Å²) < 4.78 is 0. The number of rotatable bonds is 2. The van der Waals surface area contributed by atoms with Gasteiger partial charge in [-0.15, -0.1) is 5.12 Å². The maximum Gasteiger partial charge on any atom is 0.0905 e. The van der Waals surface area contributed by atoms with Crippen molar-refractivity contribution in [2.75, 3.05) is 13.2 Å². The highest BCUT2D eigenvalue weighted by Gasteiger charge is 2.37. The highest BCUT2D eigenvalue weighted by molar-refractivity contribution is 5.14. The van der Waals surface area contributed by atoms with Gasteiger partial charge >= 0.3 is 0 Å². The van der Waals surface area contributed by atoms with E-state index in [0.717, 1.165) is 5.70 Å². The molecule has 1 rings (SSSR count). The molecule has 1 atom stereocenters. The molecule has 0 amide bonds. The first kappa shape index (κ1) is 11.3. The van der Waals surface area contributed by atoms with Gasteiger partial charge in [0.1, 0.15) is 0 Å². The fourth-order valence-corrected chi connectivity index (χ4v) is 1.79. The highest BCUT2D eigenvalue weighted by atomic mass is 16.3. The molecule has 0 saturated heterocycles. The van der Waals surface area contributed by atoms with Crippen LogP contribution in [0.5, 0.6) is 0 Å². The first-order chi connectivity index (χ1) is 6.38. The number of aliphatic hydroxyl groups excluding tert-OH is 1. The average Bonchev–Trinajstić information content (AvgIpc) is 2.26. The van der Waals surface area contributed by atoms with Crippen LogP contribution in [0.1, 0.15) is 20.8 Å². The molecule has 0 radical (unpaired) electrons. The van der Waals surface area contributed by atoms with E-state index in [0.29, 0.717) is 6.54 Å². The van der Waals surface area contributed by atoms with E-state index >= 15 is 0 Å². The average molecular weight is 200 g/mol. The molecule has 1 heterocycles. The minimum absolute atomic E-state index is 0.00551. The van der Waals surface area contributed by atoms with E-state index in [-0.39, 0.29) is 18.1 Å². The van der Waals surface area contributed by atoms with Gasteiger partial charge in [-0.2, -0.15) is 0 Å². The first-order valence-corrected chi connectivity index (χ1v) is 4.76. The summed E-state index contributed by atoms with van der Waals surface area (Å²) in [5, 5.41) is 12.2. The van der Waals surface area contributed by atoms with Crippen molar-refractivity contribution in [1.29, 1.82) is 0 Å². The molecule has 82 valence electrons. The Balaban J connectivity index is 2.78. The second kappa shape index (κ2) is 3.76. The first-order valence-electron chi connectivity index (χ1n) is 4.76. The van der Waals surface area contributed by atoms with Crippen molar-refractivity contribution in [3.8, 4) is 0 Å². The SMILES string of the molecule is CC(C)(C)C1C(N)=CN(CCO)N1N. The van der Waals surface area contributed by atoms with E-state index < -0.39 is 0 Å². The van der Waals surface area contributed by atoms with E-state index in [1.165, 1.54) is 0 Å². The normalized spacial score (nSPS) is 24.2. The number of hydrogen-bond donors (Lipinski definition) is 3. The minimum atomic E-state index is -0.0143. The fourth-order valence-electron chi connectivity index (χ4n) is 1.79. The van der Waals surface area contributed by atoms with Crippen molar-refractivity contribution < 1.29 is 5.11 Å². The van der Waals surface area contributed by atoms with E-state index in [1.807, 2.05) is 0 Å². The van der Waals surface area contributed by atoms with Crippen LogP contribution in [0.15, 0.2) is 11.9 Å². The van der Waals surface area contributed by atoms with Crippen molar-refractivity contribution in [1.82, 2.24) is 10.1 Å². The van der Waals surface area contributed by atoms with Crippen molar-refractivity contribution >= 4 is 0 Å². The molecule has 0 saturated carbocycles. The molecular weight excluding hydrogens is 180 g/mol. The van der Waals surface area contributed by atoms with Crippen LogP contribution < -0.4 is 11.6 Å². The Labute approximate surface area is 84.9 Å². The number of nitrogens with zero attached hydrogens (tertiary/aromatic N) is 2. The van der Waals surface area contributed by atoms with Crippen molar-refractivity contribution in [2.24, 2.45) is 17.0 Å². The Morgan fingerprint density at radius 1 is 1.50 bits per heavy atom. The van der Waals surface area contributed by atoms with Crippen LogP contribution in [0, 0.1) is 5.41 Å². The van der Waals surface area contributed by atoms with Crippen LogP contribution in [0.25, 0.3) is 0 Å². The third-order valence-corrected chi connectivity index (χ3v) is 2.32. The number of aliphatic hydroxyl groups is 1. The van der Waals surface area contributed by atoms with Crippen LogP contribution in [-0.4, -0.2) is 34.4 Å². The van der Waals surface area contributed by atoms with Gasteiger partial charge < -0.3 is 10.8 Å². The van der Waals surface area contributed by atoms with Crippen LogP contribution in [0.2, 0.25) is 0 Å². The molecule has 0 bridgehead atoms. The zero-order valence-corrected chi connectivity index (χ0v) is 9.07. The van der Waals surface area contributed by atoms with E-state index in [9.17, 15) is 0 Å².